The van der Waals surface area contributed by atoms with Crippen LogP contribution in [0.4, 0.5) is 5.69 Å². The first-order valence-electron chi connectivity index (χ1n) is 7.24. The van der Waals surface area contributed by atoms with Crippen molar-refractivity contribution in [3.05, 3.63) is 35.7 Å². The largest absolute Gasteiger partial charge is 0.346 e. The molecule has 0 atom stereocenters. The number of carbonyl (C=O) groups excluding carboxylic acids is 2. The zero-order chi connectivity index (χ0) is 16.7. The van der Waals surface area contributed by atoms with Crippen LogP contribution in [0.2, 0.25) is 0 Å². The van der Waals surface area contributed by atoms with Crippen LogP contribution in [0.5, 0.6) is 0 Å². The van der Waals surface area contributed by atoms with Crippen LogP contribution >= 0.6 is 11.8 Å². The molecule has 7 nitrogen and oxygen atoms in total. The Morgan fingerprint density at radius 2 is 2.04 bits per heavy atom. The third kappa shape index (κ3) is 5.41. The van der Waals surface area contributed by atoms with E-state index in [-0.39, 0.29) is 24.1 Å². The lowest BCUT2D eigenvalue weighted by atomic mass is 10.1. The van der Waals surface area contributed by atoms with E-state index >= 15 is 0 Å². The highest BCUT2D eigenvalue weighted by Gasteiger charge is 2.09. The van der Waals surface area contributed by atoms with Crippen molar-refractivity contribution in [2.75, 3.05) is 17.6 Å². The van der Waals surface area contributed by atoms with E-state index in [4.69, 9.17) is 0 Å². The van der Waals surface area contributed by atoms with E-state index in [1.165, 1.54) is 11.8 Å². The Kier molecular flexibility index (Phi) is 6.16. The van der Waals surface area contributed by atoms with Crippen LogP contribution in [-0.2, 0) is 16.0 Å². The highest BCUT2D eigenvalue weighted by molar-refractivity contribution is 7.99. The summed E-state index contributed by atoms with van der Waals surface area (Å²) in [6, 6.07) is 7.60. The summed E-state index contributed by atoms with van der Waals surface area (Å²) in [7, 11) is 0. The fourth-order valence-corrected chi connectivity index (χ4v) is 2.57. The topological polar surface area (TPSA) is 99.8 Å². The van der Waals surface area contributed by atoms with Gasteiger partial charge in [-0.1, -0.05) is 36.9 Å². The van der Waals surface area contributed by atoms with Gasteiger partial charge in [-0.25, -0.2) is 4.98 Å². The lowest BCUT2D eigenvalue weighted by molar-refractivity contribution is -0.122. The number of carbonyl (C=O) groups is 2. The van der Waals surface area contributed by atoms with Gasteiger partial charge in [-0.3, -0.25) is 14.7 Å². The van der Waals surface area contributed by atoms with Gasteiger partial charge in [0.1, 0.15) is 5.82 Å². The van der Waals surface area contributed by atoms with Gasteiger partial charge < -0.3 is 10.6 Å². The zero-order valence-electron chi connectivity index (χ0n) is 13.0. The maximum atomic E-state index is 11.9. The van der Waals surface area contributed by atoms with Gasteiger partial charge in [0.05, 0.1) is 12.3 Å². The number of hydrogen-bond donors (Lipinski definition) is 3. The van der Waals surface area contributed by atoms with Crippen LogP contribution in [0.15, 0.2) is 29.4 Å². The SMILES string of the molecule is CCc1ccccc1NC(=O)CNC(=O)CSc1n[nH]c(C)n1. The standard InChI is InChI=1S/C15H19N5O2S/c1-3-11-6-4-5-7-12(11)18-13(21)8-16-14(22)9-23-15-17-10(2)19-20-15/h4-7H,3,8-9H2,1-2H3,(H,16,22)(H,18,21)(H,17,19,20). The van der Waals surface area contributed by atoms with Crippen molar-refractivity contribution < 1.29 is 9.59 Å². The fraction of sp³-hybridized carbons (Fsp3) is 0.333. The molecule has 2 amide bonds. The molecule has 2 aromatic rings. The Morgan fingerprint density at radius 1 is 1.26 bits per heavy atom. The molecule has 1 heterocycles. The molecular weight excluding hydrogens is 314 g/mol. The molecule has 0 fully saturated rings. The first-order valence-corrected chi connectivity index (χ1v) is 8.23. The normalized spacial score (nSPS) is 10.3. The third-order valence-corrected chi connectivity index (χ3v) is 3.87. The second-order valence-electron chi connectivity index (χ2n) is 4.83. The van der Waals surface area contributed by atoms with Gasteiger partial charge in [0.2, 0.25) is 17.0 Å². The van der Waals surface area contributed by atoms with Crippen molar-refractivity contribution in [3.63, 3.8) is 0 Å². The Hall–Kier alpha value is -2.35. The molecule has 8 heteroatoms. The van der Waals surface area contributed by atoms with Crippen molar-refractivity contribution in [1.82, 2.24) is 20.5 Å². The molecule has 2 rings (SSSR count). The molecule has 23 heavy (non-hydrogen) atoms. The minimum Gasteiger partial charge on any atom is -0.346 e. The van der Waals surface area contributed by atoms with Crippen molar-refractivity contribution in [2.24, 2.45) is 0 Å². The maximum absolute atomic E-state index is 11.9. The predicted octanol–water partition coefficient (Wildman–Crippen LogP) is 1.52. The molecule has 0 radical (unpaired) electrons. The van der Waals surface area contributed by atoms with Gasteiger partial charge >= 0.3 is 0 Å². The van der Waals surface area contributed by atoms with E-state index in [0.29, 0.717) is 11.0 Å². The molecule has 122 valence electrons. The highest BCUT2D eigenvalue weighted by Crippen LogP contribution is 2.15. The molecule has 0 aliphatic rings. The van der Waals surface area contributed by atoms with Gasteiger partial charge in [0.15, 0.2) is 0 Å². The van der Waals surface area contributed by atoms with E-state index in [2.05, 4.69) is 25.8 Å². The minimum absolute atomic E-state index is 0.0650. The lowest BCUT2D eigenvalue weighted by Crippen LogP contribution is -2.34. The number of H-pyrrole nitrogens is 1. The second-order valence-corrected chi connectivity index (χ2v) is 5.77. The molecule has 1 aromatic heterocycles. The van der Waals surface area contributed by atoms with Crippen molar-refractivity contribution >= 4 is 29.3 Å². The van der Waals surface area contributed by atoms with Crippen LogP contribution in [0.25, 0.3) is 0 Å². The Bertz CT molecular complexity index is 686. The highest BCUT2D eigenvalue weighted by atomic mass is 32.2. The molecule has 0 aliphatic heterocycles. The molecule has 0 unspecified atom stereocenters. The minimum atomic E-state index is -0.252. The average Bonchev–Trinajstić information content (AvgIpc) is 2.97. The average molecular weight is 333 g/mol. The molecule has 0 bridgehead atoms. The van der Waals surface area contributed by atoms with Gasteiger partial charge in [0, 0.05) is 5.69 Å². The summed E-state index contributed by atoms with van der Waals surface area (Å²) in [6.45, 7) is 3.74. The number of anilines is 1. The van der Waals surface area contributed by atoms with Crippen LogP contribution in [0, 0.1) is 6.92 Å². The maximum Gasteiger partial charge on any atom is 0.243 e. The number of aryl methyl sites for hydroxylation is 2. The summed E-state index contributed by atoms with van der Waals surface area (Å²) in [5.74, 6) is 0.368. The molecular formula is C15H19N5O2S. The first kappa shape index (κ1) is 17.0. The van der Waals surface area contributed by atoms with Crippen LogP contribution in [-0.4, -0.2) is 39.3 Å². The molecule has 0 saturated carbocycles. The summed E-state index contributed by atoms with van der Waals surface area (Å²) in [6.07, 6.45) is 0.829. The third-order valence-electron chi connectivity index (χ3n) is 3.03. The smallest absolute Gasteiger partial charge is 0.243 e. The number of nitrogens with one attached hydrogen (secondary N) is 3. The Labute approximate surface area is 138 Å². The summed E-state index contributed by atoms with van der Waals surface area (Å²) in [4.78, 5) is 27.7. The van der Waals surface area contributed by atoms with E-state index < -0.39 is 0 Å². The predicted molar refractivity (Wildman–Crippen MR) is 89.3 cm³/mol. The number of rotatable bonds is 7. The molecule has 0 spiro atoms. The number of amides is 2. The summed E-state index contributed by atoms with van der Waals surface area (Å²) < 4.78 is 0. The lowest BCUT2D eigenvalue weighted by Gasteiger charge is -2.10. The van der Waals surface area contributed by atoms with Crippen molar-refractivity contribution in [1.29, 1.82) is 0 Å². The number of thioether (sulfide) groups is 1. The summed E-state index contributed by atoms with van der Waals surface area (Å²) >= 11 is 1.21. The summed E-state index contributed by atoms with van der Waals surface area (Å²) in [5, 5.41) is 12.5. The fourth-order valence-electron chi connectivity index (χ4n) is 1.89. The van der Waals surface area contributed by atoms with Crippen molar-refractivity contribution in [2.45, 2.75) is 25.4 Å². The van der Waals surface area contributed by atoms with Gasteiger partial charge in [0.25, 0.3) is 0 Å². The van der Waals surface area contributed by atoms with E-state index in [9.17, 15) is 9.59 Å². The first-order chi connectivity index (χ1) is 11.1. The van der Waals surface area contributed by atoms with E-state index in [1.807, 2.05) is 31.2 Å². The number of aromatic amines is 1. The Balaban J connectivity index is 1.74. The molecule has 3 N–H and O–H groups in total. The van der Waals surface area contributed by atoms with E-state index in [1.54, 1.807) is 6.92 Å². The molecule has 0 saturated heterocycles. The van der Waals surface area contributed by atoms with Gasteiger partial charge in [-0.05, 0) is 25.0 Å². The number of nitrogens with zero attached hydrogens (tertiary/aromatic N) is 2. The van der Waals surface area contributed by atoms with Gasteiger partial charge in [-0.2, -0.15) is 0 Å². The second kappa shape index (κ2) is 8.33. The quantitative estimate of drug-likeness (QED) is 0.667. The number of para-hydroxylation sites is 1. The number of hydrogen-bond acceptors (Lipinski definition) is 5. The van der Waals surface area contributed by atoms with Crippen LogP contribution in [0.1, 0.15) is 18.3 Å². The van der Waals surface area contributed by atoms with E-state index in [0.717, 1.165) is 17.7 Å². The Morgan fingerprint density at radius 3 is 2.74 bits per heavy atom. The van der Waals surface area contributed by atoms with Gasteiger partial charge in [-0.15, -0.1) is 5.10 Å². The summed E-state index contributed by atoms with van der Waals surface area (Å²) in [5.41, 5.74) is 1.84. The molecule has 1 aromatic carbocycles. The monoisotopic (exact) mass is 333 g/mol. The van der Waals surface area contributed by atoms with Crippen LogP contribution in [0.3, 0.4) is 0 Å². The van der Waals surface area contributed by atoms with Crippen LogP contribution < -0.4 is 10.6 Å². The van der Waals surface area contributed by atoms with Crippen molar-refractivity contribution in [3.8, 4) is 0 Å². The number of benzene rings is 1. The number of aromatic nitrogens is 3. The molecule has 0 aliphatic carbocycles. The zero-order valence-corrected chi connectivity index (χ0v) is 13.9.